The molecular formula is C15H15N3OS2. The summed E-state index contributed by atoms with van der Waals surface area (Å²) in [5, 5.41) is 1.03. The lowest BCUT2D eigenvalue weighted by Gasteiger charge is -2.08. The molecule has 0 saturated heterocycles. The van der Waals surface area contributed by atoms with E-state index in [0.29, 0.717) is 0 Å². The predicted molar refractivity (Wildman–Crippen MR) is 89.0 cm³/mol. The van der Waals surface area contributed by atoms with Gasteiger partial charge in [0, 0.05) is 32.2 Å². The van der Waals surface area contributed by atoms with Crippen molar-refractivity contribution in [2.75, 3.05) is 14.1 Å². The fourth-order valence-corrected chi connectivity index (χ4v) is 3.80. The van der Waals surface area contributed by atoms with Gasteiger partial charge in [-0.05, 0) is 42.1 Å². The molecule has 0 spiro atoms. The summed E-state index contributed by atoms with van der Waals surface area (Å²) >= 11 is 2.89. The molecule has 0 unspecified atom stereocenters. The number of hydrogen-bond acceptors (Lipinski definition) is 4. The first kappa shape index (κ1) is 14.2. The summed E-state index contributed by atoms with van der Waals surface area (Å²) in [6.07, 6.45) is 2.01. The van der Waals surface area contributed by atoms with E-state index < -0.39 is 0 Å². The monoisotopic (exact) mass is 317 g/mol. The molecule has 0 atom stereocenters. The van der Waals surface area contributed by atoms with Crippen LogP contribution in [0.25, 0.3) is 20.9 Å². The van der Waals surface area contributed by atoms with Gasteiger partial charge in [-0.1, -0.05) is 0 Å². The van der Waals surface area contributed by atoms with Crippen LogP contribution >= 0.6 is 23.1 Å². The summed E-state index contributed by atoms with van der Waals surface area (Å²) in [5.74, 6) is 0. The van der Waals surface area contributed by atoms with Crippen LogP contribution < -0.4 is 0 Å². The van der Waals surface area contributed by atoms with E-state index in [1.165, 1.54) is 11.8 Å². The van der Waals surface area contributed by atoms with Crippen LogP contribution in [0.3, 0.4) is 0 Å². The highest BCUT2D eigenvalue weighted by molar-refractivity contribution is 8.13. The number of fused-ring (bicyclic) bond motifs is 1. The maximum Gasteiger partial charge on any atom is 0.285 e. The number of nitrogens with zero attached hydrogens (tertiary/aromatic N) is 3. The smallest absolute Gasteiger partial charge is 0.285 e. The molecule has 6 heteroatoms. The van der Waals surface area contributed by atoms with E-state index in [-0.39, 0.29) is 5.24 Å². The number of aryl methyl sites for hydroxylation is 1. The van der Waals surface area contributed by atoms with Crippen LogP contribution in [0.15, 0.2) is 41.4 Å². The van der Waals surface area contributed by atoms with Crippen molar-refractivity contribution >= 4 is 38.6 Å². The van der Waals surface area contributed by atoms with Gasteiger partial charge < -0.3 is 9.47 Å². The molecule has 0 N–H and O–H groups in total. The van der Waals surface area contributed by atoms with Gasteiger partial charge >= 0.3 is 0 Å². The zero-order chi connectivity index (χ0) is 15.0. The molecule has 2 aromatic heterocycles. The van der Waals surface area contributed by atoms with Crippen LogP contribution in [0.1, 0.15) is 0 Å². The van der Waals surface area contributed by atoms with Crippen LogP contribution in [-0.4, -0.2) is 33.8 Å². The van der Waals surface area contributed by atoms with Crippen LogP contribution in [0, 0.1) is 0 Å². The average molecular weight is 317 g/mol. The SMILES string of the molecule is CN(C)C(=O)Sc1ccc2nc(-c3cccn3C)sc2c1. The molecule has 0 saturated carbocycles. The first-order valence-corrected chi connectivity index (χ1v) is 8.09. The molecule has 0 aliphatic carbocycles. The van der Waals surface area contributed by atoms with Crippen molar-refractivity contribution in [1.82, 2.24) is 14.5 Å². The number of carbonyl (C=O) groups excluding carboxylic acids is 1. The zero-order valence-electron chi connectivity index (χ0n) is 12.0. The number of benzene rings is 1. The summed E-state index contributed by atoms with van der Waals surface area (Å²) in [4.78, 5) is 19.0. The lowest BCUT2D eigenvalue weighted by atomic mass is 10.3. The average Bonchev–Trinajstić information content (AvgIpc) is 3.03. The summed E-state index contributed by atoms with van der Waals surface area (Å²) in [6, 6.07) is 10.0. The minimum Gasteiger partial charge on any atom is -0.349 e. The Morgan fingerprint density at radius 3 is 2.81 bits per heavy atom. The number of aromatic nitrogens is 2. The van der Waals surface area contributed by atoms with E-state index >= 15 is 0 Å². The third-order valence-corrected chi connectivity index (χ3v) is 5.16. The topological polar surface area (TPSA) is 38.1 Å². The largest absolute Gasteiger partial charge is 0.349 e. The second-order valence-electron chi connectivity index (χ2n) is 4.92. The quantitative estimate of drug-likeness (QED) is 0.669. The number of hydrogen-bond donors (Lipinski definition) is 0. The number of amides is 1. The number of thiazole rings is 1. The standard InChI is InChI=1S/C15H15N3OS2/c1-17(2)15(19)20-10-6-7-11-13(9-10)21-14(16-11)12-5-4-8-18(12)3/h4-9H,1-3H3. The van der Waals surface area contributed by atoms with Crippen molar-refractivity contribution in [2.45, 2.75) is 4.90 Å². The van der Waals surface area contributed by atoms with Gasteiger partial charge in [0.15, 0.2) is 0 Å². The lowest BCUT2D eigenvalue weighted by molar-refractivity contribution is 0.241. The van der Waals surface area contributed by atoms with Crippen LogP contribution in [0.2, 0.25) is 0 Å². The van der Waals surface area contributed by atoms with Gasteiger partial charge in [0.25, 0.3) is 5.24 Å². The Bertz CT molecular complexity index is 804. The molecule has 3 rings (SSSR count). The first-order chi connectivity index (χ1) is 10.0. The molecule has 1 aromatic carbocycles. The molecule has 21 heavy (non-hydrogen) atoms. The molecule has 4 nitrogen and oxygen atoms in total. The third kappa shape index (κ3) is 2.82. The molecule has 0 fully saturated rings. The van der Waals surface area contributed by atoms with Crippen molar-refractivity contribution in [3.05, 3.63) is 36.5 Å². The van der Waals surface area contributed by atoms with Gasteiger partial charge in [0.2, 0.25) is 0 Å². The van der Waals surface area contributed by atoms with Crippen LogP contribution in [-0.2, 0) is 7.05 Å². The Morgan fingerprint density at radius 1 is 1.33 bits per heavy atom. The van der Waals surface area contributed by atoms with E-state index in [0.717, 1.165) is 25.8 Å². The van der Waals surface area contributed by atoms with Crippen molar-refractivity contribution in [3.8, 4) is 10.7 Å². The maximum absolute atomic E-state index is 11.8. The highest BCUT2D eigenvalue weighted by Crippen LogP contribution is 2.33. The molecule has 108 valence electrons. The molecular weight excluding hydrogens is 302 g/mol. The Hall–Kier alpha value is -1.79. The fourth-order valence-electron chi connectivity index (χ4n) is 1.95. The molecule has 0 bridgehead atoms. The predicted octanol–water partition coefficient (Wildman–Crippen LogP) is 4.08. The fraction of sp³-hybridized carbons (Fsp3) is 0.200. The summed E-state index contributed by atoms with van der Waals surface area (Å²) < 4.78 is 3.16. The Labute approximate surface area is 131 Å². The van der Waals surface area contributed by atoms with Gasteiger partial charge in [-0.3, -0.25) is 4.79 Å². The number of rotatable bonds is 2. The van der Waals surface area contributed by atoms with Gasteiger partial charge in [0.1, 0.15) is 5.01 Å². The Kier molecular flexibility index (Phi) is 3.73. The van der Waals surface area contributed by atoms with Gasteiger partial charge in [-0.15, -0.1) is 11.3 Å². The maximum atomic E-state index is 11.8. The number of thioether (sulfide) groups is 1. The molecule has 2 heterocycles. The first-order valence-electron chi connectivity index (χ1n) is 6.46. The molecule has 3 aromatic rings. The van der Waals surface area contributed by atoms with Crippen LogP contribution in [0.5, 0.6) is 0 Å². The van der Waals surface area contributed by atoms with E-state index in [9.17, 15) is 4.79 Å². The highest BCUT2D eigenvalue weighted by Gasteiger charge is 2.11. The molecule has 0 radical (unpaired) electrons. The Morgan fingerprint density at radius 2 is 2.14 bits per heavy atom. The van der Waals surface area contributed by atoms with E-state index in [1.54, 1.807) is 30.3 Å². The van der Waals surface area contributed by atoms with E-state index in [4.69, 9.17) is 0 Å². The van der Waals surface area contributed by atoms with Gasteiger partial charge in [-0.2, -0.15) is 0 Å². The minimum absolute atomic E-state index is 0.0292. The van der Waals surface area contributed by atoms with Crippen molar-refractivity contribution in [1.29, 1.82) is 0 Å². The normalized spacial score (nSPS) is 11.0. The zero-order valence-corrected chi connectivity index (χ0v) is 13.7. The van der Waals surface area contributed by atoms with Crippen molar-refractivity contribution < 1.29 is 4.79 Å². The van der Waals surface area contributed by atoms with Gasteiger partial charge in [-0.25, -0.2) is 4.98 Å². The van der Waals surface area contributed by atoms with Crippen molar-refractivity contribution in [2.24, 2.45) is 7.05 Å². The van der Waals surface area contributed by atoms with E-state index in [2.05, 4.69) is 15.6 Å². The van der Waals surface area contributed by atoms with E-state index in [1.807, 2.05) is 37.5 Å². The van der Waals surface area contributed by atoms with Crippen molar-refractivity contribution in [3.63, 3.8) is 0 Å². The second kappa shape index (κ2) is 5.54. The summed E-state index contributed by atoms with van der Waals surface area (Å²) in [6.45, 7) is 0. The summed E-state index contributed by atoms with van der Waals surface area (Å²) in [5.41, 5.74) is 2.08. The second-order valence-corrected chi connectivity index (χ2v) is 6.97. The molecule has 1 amide bonds. The third-order valence-electron chi connectivity index (χ3n) is 3.09. The molecule has 0 aliphatic rings. The van der Waals surface area contributed by atoms with Crippen LogP contribution in [0.4, 0.5) is 4.79 Å². The summed E-state index contributed by atoms with van der Waals surface area (Å²) in [7, 11) is 5.53. The highest BCUT2D eigenvalue weighted by atomic mass is 32.2. The Balaban J connectivity index is 1.96. The number of carbonyl (C=O) groups is 1. The lowest BCUT2D eigenvalue weighted by Crippen LogP contribution is -2.15. The van der Waals surface area contributed by atoms with Gasteiger partial charge in [0.05, 0.1) is 15.9 Å². The minimum atomic E-state index is 0.0292. The molecule has 0 aliphatic heterocycles.